The van der Waals surface area contributed by atoms with Crippen molar-refractivity contribution in [3.8, 4) is 5.88 Å². The van der Waals surface area contributed by atoms with Gasteiger partial charge in [-0.3, -0.25) is 14.3 Å². The summed E-state index contributed by atoms with van der Waals surface area (Å²) in [5.74, 6) is -0.316. The summed E-state index contributed by atoms with van der Waals surface area (Å²) in [6.07, 6.45) is 0.814. The highest BCUT2D eigenvalue weighted by Gasteiger charge is 2.31. The molecule has 152 valence electrons. The van der Waals surface area contributed by atoms with Crippen molar-refractivity contribution in [1.82, 2.24) is 19.9 Å². The van der Waals surface area contributed by atoms with Crippen LogP contribution >= 0.6 is 0 Å². The molecule has 0 fully saturated rings. The second kappa shape index (κ2) is 7.03. The van der Waals surface area contributed by atoms with Gasteiger partial charge >= 0.3 is 5.69 Å². The molecule has 2 atom stereocenters. The van der Waals surface area contributed by atoms with Crippen molar-refractivity contribution in [3.05, 3.63) is 97.8 Å². The van der Waals surface area contributed by atoms with E-state index in [1.54, 1.807) is 0 Å². The van der Waals surface area contributed by atoms with Gasteiger partial charge in [0.25, 0.3) is 5.56 Å². The minimum absolute atomic E-state index is 0.143. The van der Waals surface area contributed by atoms with E-state index in [2.05, 4.69) is 21.4 Å². The topological polar surface area (TPSA) is 103 Å². The molecule has 3 heterocycles. The summed E-state index contributed by atoms with van der Waals surface area (Å²) in [4.78, 5) is 31.2. The van der Waals surface area contributed by atoms with E-state index in [1.807, 2.05) is 55.5 Å². The summed E-state index contributed by atoms with van der Waals surface area (Å²) in [5.41, 5.74) is 2.74. The molecule has 0 amide bonds. The summed E-state index contributed by atoms with van der Waals surface area (Å²) in [7, 11) is 0. The summed E-state index contributed by atoms with van der Waals surface area (Å²) in [5, 5.41) is 15.6. The Hall–Kier alpha value is -3.58. The third-order valence-corrected chi connectivity index (χ3v) is 5.97. The molecule has 0 saturated heterocycles. The summed E-state index contributed by atoms with van der Waals surface area (Å²) < 4.78 is 1.24. The molecule has 7 nitrogen and oxygen atoms in total. The van der Waals surface area contributed by atoms with Crippen LogP contribution in [0.1, 0.15) is 41.4 Å². The van der Waals surface area contributed by atoms with Gasteiger partial charge in [0.2, 0.25) is 5.88 Å². The van der Waals surface area contributed by atoms with E-state index in [1.165, 1.54) is 4.57 Å². The van der Waals surface area contributed by atoms with Gasteiger partial charge in [0, 0.05) is 23.1 Å². The molecule has 2 aromatic heterocycles. The molecule has 0 bridgehead atoms. The third-order valence-electron chi connectivity index (χ3n) is 5.97. The highest BCUT2D eigenvalue weighted by Crippen LogP contribution is 2.35. The number of hydrogen-bond donors (Lipinski definition) is 4. The molecule has 5 rings (SSSR count). The van der Waals surface area contributed by atoms with Gasteiger partial charge in [0.15, 0.2) is 0 Å². The number of rotatable bonds is 3. The molecule has 4 N–H and O–H groups in total. The Labute approximate surface area is 172 Å². The molecule has 1 aliphatic rings. The average molecular weight is 402 g/mol. The van der Waals surface area contributed by atoms with Crippen LogP contribution in [0.5, 0.6) is 5.88 Å². The van der Waals surface area contributed by atoms with E-state index in [0.29, 0.717) is 6.54 Å². The smallest absolute Gasteiger partial charge is 0.331 e. The van der Waals surface area contributed by atoms with E-state index < -0.39 is 23.3 Å². The quantitative estimate of drug-likeness (QED) is 0.423. The van der Waals surface area contributed by atoms with E-state index >= 15 is 0 Å². The molecule has 7 heteroatoms. The Morgan fingerprint density at radius 2 is 1.77 bits per heavy atom. The first-order valence-electron chi connectivity index (χ1n) is 10.0. The molecule has 0 radical (unpaired) electrons. The van der Waals surface area contributed by atoms with Crippen LogP contribution in [0.2, 0.25) is 0 Å². The summed E-state index contributed by atoms with van der Waals surface area (Å²) in [6, 6.07) is 16.4. The lowest BCUT2D eigenvalue weighted by atomic mass is 9.95. The molecule has 0 unspecified atom stereocenters. The average Bonchev–Trinajstić information content (AvgIpc) is 3.13. The van der Waals surface area contributed by atoms with Crippen LogP contribution in [0.4, 0.5) is 0 Å². The minimum Gasteiger partial charge on any atom is -0.494 e. The number of nitrogens with zero attached hydrogens (tertiary/aromatic N) is 1. The molecule has 30 heavy (non-hydrogen) atoms. The van der Waals surface area contributed by atoms with Gasteiger partial charge in [0.1, 0.15) is 5.56 Å². The second-order valence-corrected chi connectivity index (χ2v) is 7.65. The predicted octanol–water partition coefficient (Wildman–Crippen LogP) is 2.57. The van der Waals surface area contributed by atoms with Gasteiger partial charge in [-0.2, -0.15) is 0 Å². The van der Waals surface area contributed by atoms with Gasteiger partial charge in [-0.25, -0.2) is 4.79 Å². The fourth-order valence-corrected chi connectivity index (χ4v) is 4.48. The maximum atomic E-state index is 12.8. The molecule has 1 aliphatic heterocycles. The minimum atomic E-state index is -0.634. The van der Waals surface area contributed by atoms with E-state index in [4.69, 9.17) is 0 Å². The lowest BCUT2D eigenvalue weighted by molar-refractivity contribution is 0.372. The van der Waals surface area contributed by atoms with Crippen molar-refractivity contribution < 1.29 is 5.11 Å². The number of fused-ring (bicyclic) bond motifs is 3. The van der Waals surface area contributed by atoms with Crippen molar-refractivity contribution in [2.45, 2.75) is 25.4 Å². The van der Waals surface area contributed by atoms with Crippen molar-refractivity contribution in [1.29, 1.82) is 0 Å². The SMILES string of the molecule is C[C@H](c1ccccc1)n1c(O)c([C@@H]2NCCc3c2[nH]c2ccccc32)c(=O)[nH]c1=O. The van der Waals surface area contributed by atoms with Crippen molar-refractivity contribution in [3.63, 3.8) is 0 Å². The van der Waals surface area contributed by atoms with Crippen LogP contribution < -0.4 is 16.6 Å². The van der Waals surface area contributed by atoms with Crippen LogP contribution in [-0.4, -0.2) is 26.2 Å². The van der Waals surface area contributed by atoms with E-state index in [0.717, 1.165) is 34.1 Å². The maximum absolute atomic E-state index is 12.8. The zero-order valence-electron chi connectivity index (χ0n) is 16.5. The molecule has 0 saturated carbocycles. The first-order valence-corrected chi connectivity index (χ1v) is 10.0. The number of H-pyrrole nitrogens is 2. The third kappa shape index (κ3) is 2.78. The highest BCUT2D eigenvalue weighted by atomic mass is 16.3. The Balaban J connectivity index is 1.70. The monoisotopic (exact) mass is 402 g/mol. The standard InChI is InChI=1S/C23H22N4O3/c1-13(14-7-3-2-4-8-14)27-22(29)18(21(28)26-23(27)30)20-19-16(11-12-24-20)15-9-5-6-10-17(15)25-19/h2-10,13,20,24-25,29H,11-12H2,1H3,(H,26,28,30)/t13-,20+/m1/s1. The number of aromatic hydroxyl groups is 1. The zero-order chi connectivity index (χ0) is 20.8. The van der Waals surface area contributed by atoms with Crippen LogP contribution in [0.25, 0.3) is 10.9 Å². The maximum Gasteiger partial charge on any atom is 0.331 e. The normalized spacial score (nSPS) is 17.0. The second-order valence-electron chi connectivity index (χ2n) is 7.65. The molecule has 4 aromatic rings. The molecule has 0 aliphatic carbocycles. The number of aromatic amines is 2. The highest BCUT2D eigenvalue weighted by molar-refractivity contribution is 5.85. The number of hydrogen-bond acceptors (Lipinski definition) is 4. The lowest BCUT2D eigenvalue weighted by Crippen LogP contribution is -2.39. The number of benzene rings is 2. The van der Waals surface area contributed by atoms with Gasteiger partial charge in [0.05, 0.1) is 12.1 Å². The van der Waals surface area contributed by atoms with Crippen LogP contribution in [0.3, 0.4) is 0 Å². The van der Waals surface area contributed by atoms with Gasteiger partial charge in [-0.05, 0) is 30.5 Å². The zero-order valence-corrected chi connectivity index (χ0v) is 16.5. The van der Waals surface area contributed by atoms with Gasteiger partial charge in [-0.1, -0.05) is 48.5 Å². The summed E-state index contributed by atoms with van der Waals surface area (Å²) in [6.45, 7) is 2.48. The van der Waals surface area contributed by atoms with Gasteiger partial charge in [-0.15, -0.1) is 0 Å². The lowest BCUT2D eigenvalue weighted by Gasteiger charge is -2.26. The Morgan fingerprint density at radius 1 is 1.03 bits per heavy atom. The number of aromatic nitrogens is 3. The van der Waals surface area contributed by atoms with Crippen LogP contribution in [0, 0.1) is 0 Å². The first-order chi connectivity index (χ1) is 14.6. The fraction of sp³-hybridized carbons (Fsp3) is 0.217. The van der Waals surface area contributed by atoms with Gasteiger partial charge < -0.3 is 15.4 Å². The van der Waals surface area contributed by atoms with Crippen LogP contribution in [0.15, 0.2) is 64.2 Å². The first kappa shape index (κ1) is 18.4. The van der Waals surface area contributed by atoms with Crippen LogP contribution in [-0.2, 0) is 6.42 Å². The molecular formula is C23H22N4O3. The van der Waals surface area contributed by atoms with Crippen molar-refractivity contribution in [2.24, 2.45) is 0 Å². The Morgan fingerprint density at radius 3 is 2.57 bits per heavy atom. The Kier molecular flexibility index (Phi) is 4.33. The fourth-order valence-electron chi connectivity index (χ4n) is 4.48. The molecule has 0 spiro atoms. The van der Waals surface area contributed by atoms with Crippen molar-refractivity contribution >= 4 is 10.9 Å². The summed E-state index contributed by atoms with van der Waals surface area (Å²) >= 11 is 0. The molecule has 2 aromatic carbocycles. The predicted molar refractivity (Wildman–Crippen MR) is 115 cm³/mol. The van der Waals surface area contributed by atoms with E-state index in [9.17, 15) is 14.7 Å². The van der Waals surface area contributed by atoms with E-state index in [-0.39, 0.29) is 11.4 Å². The molecular weight excluding hydrogens is 380 g/mol. The number of nitrogens with one attached hydrogen (secondary N) is 3. The number of para-hydroxylation sites is 1. The largest absolute Gasteiger partial charge is 0.494 e. The Bertz CT molecular complexity index is 1350. The van der Waals surface area contributed by atoms with Crippen molar-refractivity contribution in [2.75, 3.05) is 6.54 Å².